The number of hydrogen-bond acceptors (Lipinski definition) is 6. The van der Waals surface area contributed by atoms with Crippen LogP contribution in [0.25, 0.3) is 5.69 Å². The second kappa shape index (κ2) is 9.47. The van der Waals surface area contributed by atoms with Crippen molar-refractivity contribution in [3.05, 3.63) is 35.9 Å². The third-order valence-electron chi connectivity index (χ3n) is 5.00. The van der Waals surface area contributed by atoms with E-state index in [1.807, 2.05) is 20.8 Å². The maximum Gasteiger partial charge on any atom is 0.309 e. The van der Waals surface area contributed by atoms with Crippen molar-refractivity contribution in [3.63, 3.8) is 0 Å². The van der Waals surface area contributed by atoms with Gasteiger partial charge in [0.1, 0.15) is 12.7 Å². The number of esters is 1. The summed E-state index contributed by atoms with van der Waals surface area (Å²) < 4.78 is 6.71. The topological polar surface area (TPSA) is 106 Å². The van der Waals surface area contributed by atoms with Crippen LogP contribution < -0.4 is 5.32 Å². The zero-order chi connectivity index (χ0) is 22.6. The van der Waals surface area contributed by atoms with Gasteiger partial charge in [-0.05, 0) is 31.0 Å². The standard InChI is InChI=1S/C21H26ClN5O4/c1-21(2,3)20(30)26-8-6-14(7-9-26)19(29)31-11-18(28)25-16-10-15(22)4-5-17(16)27-13-23-12-24-27/h4-5,10,12-14H,6-9,11H2,1-3H3,(H,25,28). The first-order chi connectivity index (χ1) is 14.6. The van der Waals surface area contributed by atoms with Crippen LogP contribution in [0, 0.1) is 11.3 Å². The first-order valence-electron chi connectivity index (χ1n) is 10.1. The number of carbonyl (C=O) groups excluding carboxylic acids is 3. The van der Waals surface area contributed by atoms with Gasteiger partial charge in [0.2, 0.25) is 5.91 Å². The lowest BCUT2D eigenvalue weighted by Gasteiger charge is -2.34. The molecule has 166 valence electrons. The van der Waals surface area contributed by atoms with Crippen molar-refractivity contribution in [1.82, 2.24) is 19.7 Å². The highest BCUT2D eigenvalue weighted by molar-refractivity contribution is 6.31. The molecule has 1 aliphatic heterocycles. The van der Waals surface area contributed by atoms with Gasteiger partial charge >= 0.3 is 5.97 Å². The number of hydrogen-bond donors (Lipinski definition) is 1. The average Bonchev–Trinajstić information content (AvgIpc) is 3.25. The molecule has 1 aliphatic rings. The van der Waals surface area contributed by atoms with Crippen molar-refractivity contribution in [2.75, 3.05) is 25.0 Å². The van der Waals surface area contributed by atoms with Crippen LogP contribution in [0.2, 0.25) is 5.02 Å². The number of rotatable bonds is 5. The number of piperidine rings is 1. The Hall–Kier alpha value is -2.94. The molecule has 2 amide bonds. The summed E-state index contributed by atoms with van der Waals surface area (Å²) in [6.45, 7) is 6.23. The molecule has 10 heteroatoms. The first-order valence-corrected chi connectivity index (χ1v) is 10.4. The monoisotopic (exact) mass is 447 g/mol. The fourth-order valence-corrected chi connectivity index (χ4v) is 3.55. The van der Waals surface area contributed by atoms with E-state index in [0.29, 0.717) is 42.3 Å². The van der Waals surface area contributed by atoms with Crippen molar-refractivity contribution < 1.29 is 19.1 Å². The predicted molar refractivity (Wildman–Crippen MR) is 115 cm³/mol. The van der Waals surface area contributed by atoms with E-state index in [2.05, 4.69) is 15.4 Å². The summed E-state index contributed by atoms with van der Waals surface area (Å²) in [6.07, 6.45) is 3.91. The van der Waals surface area contributed by atoms with Crippen molar-refractivity contribution in [3.8, 4) is 5.69 Å². The number of anilines is 1. The van der Waals surface area contributed by atoms with E-state index in [1.165, 1.54) is 17.3 Å². The predicted octanol–water partition coefficient (Wildman–Crippen LogP) is 2.69. The zero-order valence-electron chi connectivity index (χ0n) is 17.8. The highest BCUT2D eigenvalue weighted by Gasteiger charge is 2.33. The summed E-state index contributed by atoms with van der Waals surface area (Å²) in [6, 6.07) is 4.95. The number of benzene rings is 1. The molecule has 1 N–H and O–H groups in total. The molecule has 1 aromatic carbocycles. The number of nitrogens with zero attached hydrogens (tertiary/aromatic N) is 4. The molecule has 1 fully saturated rings. The van der Waals surface area contributed by atoms with Gasteiger partial charge in [-0.3, -0.25) is 14.4 Å². The molecule has 0 spiro atoms. The smallest absolute Gasteiger partial charge is 0.309 e. The van der Waals surface area contributed by atoms with E-state index in [-0.39, 0.29) is 11.8 Å². The van der Waals surface area contributed by atoms with Crippen LogP contribution in [0.3, 0.4) is 0 Å². The maximum atomic E-state index is 12.4. The molecule has 0 aliphatic carbocycles. The minimum Gasteiger partial charge on any atom is -0.455 e. The molecule has 3 rings (SSSR count). The van der Waals surface area contributed by atoms with Gasteiger partial charge in [0.25, 0.3) is 5.91 Å². The van der Waals surface area contributed by atoms with E-state index in [1.54, 1.807) is 23.1 Å². The quantitative estimate of drug-likeness (QED) is 0.706. The third-order valence-corrected chi connectivity index (χ3v) is 5.24. The zero-order valence-corrected chi connectivity index (χ0v) is 18.6. The molecule has 2 heterocycles. The number of amides is 2. The van der Waals surface area contributed by atoms with Gasteiger partial charge in [-0.25, -0.2) is 9.67 Å². The molecule has 0 bridgehead atoms. The average molecular weight is 448 g/mol. The minimum atomic E-state index is -0.489. The lowest BCUT2D eigenvalue weighted by molar-refractivity contribution is -0.155. The van der Waals surface area contributed by atoms with E-state index in [9.17, 15) is 14.4 Å². The Morgan fingerprint density at radius 2 is 1.94 bits per heavy atom. The van der Waals surface area contributed by atoms with E-state index in [0.717, 1.165) is 0 Å². The molecular formula is C21H26ClN5O4. The fraction of sp³-hybridized carbons (Fsp3) is 0.476. The number of carbonyl (C=O) groups is 3. The second-order valence-electron chi connectivity index (χ2n) is 8.47. The summed E-state index contributed by atoms with van der Waals surface area (Å²) in [5, 5.41) is 7.18. The summed E-state index contributed by atoms with van der Waals surface area (Å²) in [7, 11) is 0. The molecule has 0 atom stereocenters. The van der Waals surface area contributed by atoms with Crippen LogP contribution in [0.1, 0.15) is 33.6 Å². The Kier molecular flexibility index (Phi) is 6.94. The summed E-state index contributed by atoms with van der Waals surface area (Å²) in [5.41, 5.74) is 0.558. The molecule has 31 heavy (non-hydrogen) atoms. The Bertz CT molecular complexity index is 947. The Labute approximate surface area is 185 Å². The van der Waals surface area contributed by atoms with Gasteiger partial charge in [0, 0.05) is 23.5 Å². The molecule has 1 saturated heterocycles. The van der Waals surface area contributed by atoms with Gasteiger partial charge in [-0.2, -0.15) is 5.10 Å². The SMILES string of the molecule is CC(C)(C)C(=O)N1CCC(C(=O)OCC(=O)Nc2cc(Cl)ccc2-n2cncn2)CC1. The summed E-state index contributed by atoms with van der Waals surface area (Å²) in [5.74, 6) is -1.17. The first kappa shape index (κ1) is 22.7. The van der Waals surface area contributed by atoms with Crippen LogP contribution >= 0.6 is 11.6 Å². The number of halogens is 1. The number of ether oxygens (including phenoxy) is 1. The van der Waals surface area contributed by atoms with Crippen LogP contribution in [-0.2, 0) is 19.1 Å². The normalized spacial score (nSPS) is 14.9. The molecule has 0 saturated carbocycles. The molecule has 0 unspecified atom stereocenters. The van der Waals surface area contributed by atoms with Gasteiger partial charge in [-0.1, -0.05) is 32.4 Å². The van der Waals surface area contributed by atoms with Gasteiger partial charge in [-0.15, -0.1) is 0 Å². The van der Waals surface area contributed by atoms with Crippen molar-refractivity contribution in [2.24, 2.45) is 11.3 Å². The minimum absolute atomic E-state index is 0.0726. The van der Waals surface area contributed by atoms with Gasteiger partial charge in [0.15, 0.2) is 6.61 Å². The molecule has 2 aromatic rings. The number of aromatic nitrogens is 3. The van der Waals surface area contributed by atoms with Crippen LogP contribution in [0.15, 0.2) is 30.9 Å². The molecule has 0 radical (unpaired) electrons. The van der Waals surface area contributed by atoms with Crippen LogP contribution in [-0.4, -0.2) is 57.1 Å². The van der Waals surface area contributed by atoms with Crippen LogP contribution in [0.4, 0.5) is 5.69 Å². The molecule has 1 aromatic heterocycles. The van der Waals surface area contributed by atoms with E-state index >= 15 is 0 Å². The van der Waals surface area contributed by atoms with E-state index in [4.69, 9.17) is 16.3 Å². The maximum absolute atomic E-state index is 12.4. The fourth-order valence-electron chi connectivity index (χ4n) is 3.37. The van der Waals surface area contributed by atoms with Crippen molar-refractivity contribution >= 4 is 35.1 Å². The highest BCUT2D eigenvalue weighted by Crippen LogP contribution is 2.25. The summed E-state index contributed by atoms with van der Waals surface area (Å²) in [4.78, 5) is 42.8. The number of nitrogens with one attached hydrogen (secondary N) is 1. The van der Waals surface area contributed by atoms with E-state index < -0.39 is 23.9 Å². The number of likely N-dealkylation sites (tertiary alicyclic amines) is 1. The molecule has 9 nitrogen and oxygen atoms in total. The largest absolute Gasteiger partial charge is 0.455 e. The van der Waals surface area contributed by atoms with Crippen molar-refractivity contribution in [2.45, 2.75) is 33.6 Å². The lowest BCUT2D eigenvalue weighted by atomic mass is 9.91. The summed E-state index contributed by atoms with van der Waals surface area (Å²) >= 11 is 6.04. The van der Waals surface area contributed by atoms with Gasteiger partial charge in [0.05, 0.1) is 17.3 Å². The Balaban J connectivity index is 1.51. The Morgan fingerprint density at radius 3 is 2.55 bits per heavy atom. The van der Waals surface area contributed by atoms with Crippen molar-refractivity contribution in [1.29, 1.82) is 0 Å². The highest BCUT2D eigenvalue weighted by atomic mass is 35.5. The lowest BCUT2D eigenvalue weighted by Crippen LogP contribution is -2.45. The third kappa shape index (κ3) is 5.81. The van der Waals surface area contributed by atoms with Gasteiger partial charge < -0.3 is 15.0 Å². The molecular weight excluding hydrogens is 422 g/mol. The Morgan fingerprint density at radius 1 is 1.23 bits per heavy atom. The second-order valence-corrected chi connectivity index (χ2v) is 8.91. The van der Waals surface area contributed by atoms with Crippen LogP contribution in [0.5, 0.6) is 0 Å².